The van der Waals surface area contributed by atoms with Crippen molar-refractivity contribution in [3.05, 3.63) is 41.7 Å². The van der Waals surface area contributed by atoms with Crippen LogP contribution in [-0.4, -0.2) is 29.2 Å². The molecule has 2 aromatic heterocycles. The minimum atomic E-state index is -0.493. The van der Waals surface area contributed by atoms with Crippen molar-refractivity contribution in [3.63, 3.8) is 0 Å². The lowest BCUT2D eigenvalue weighted by molar-refractivity contribution is 0.0449. The molecule has 0 radical (unpaired) electrons. The first-order valence-corrected chi connectivity index (χ1v) is 5.94. The number of hydrogen-bond donors (Lipinski definition) is 0. The maximum Gasteiger partial charge on any atom is 0.374 e. The van der Waals surface area contributed by atoms with E-state index in [1.54, 1.807) is 12.1 Å². The summed E-state index contributed by atoms with van der Waals surface area (Å²) in [4.78, 5) is 19.1. The average molecular weight is 283 g/mol. The molecule has 0 aliphatic rings. The molecular weight excluding hydrogens is 272 g/mol. The van der Waals surface area contributed by atoms with Crippen LogP contribution in [0.1, 0.15) is 17.0 Å². The number of carbonyl (C=O) groups is 1. The molecule has 100 valence electrons. The molecule has 0 saturated carbocycles. The highest BCUT2D eigenvalue weighted by molar-refractivity contribution is 6.29. The van der Waals surface area contributed by atoms with Gasteiger partial charge in [0.15, 0.2) is 5.15 Å². The third-order valence-electron chi connectivity index (χ3n) is 2.08. The van der Waals surface area contributed by atoms with Crippen LogP contribution in [0.25, 0.3) is 0 Å². The summed E-state index contributed by atoms with van der Waals surface area (Å²) in [5, 5.41) is 0.266. The van der Waals surface area contributed by atoms with E-state index in [0.717, 1.165) is 0 Å². The summed E-state index contributed by atoms with van der Waals surface area (Å²) in [6, 6.07) is 3.16. The minimum absolute atomic E-state index is 0.182. The minimum Gasteiger partial charge on any atom is -0.476 e. The van der Waals surface area contributed by atoms with Gasteiger partial charge in [-0.1, -0.05) is 11.6 Å². The van der Waals surface area contributed by atoms with Gasteiger partial charge in [-0.3, -0.25) is 4.98 Å². The lowest BCUT2D eigenvalue weighted by Crippen LogP contribution is -2.09. The van der Waals surface area contributed by atoms with E-state index in [-0.39, 0.29) is 17.5 Å². The van der Waals surface area contributed by atoms with Gasteiger partial charge in [-0.05, 0) is 12.1 Å². The van der Waals surface area contributed by atoms with Gasteiger partial charge in [0, 0.05) is 6.42 Å². The predicted octanol–water partition coefficient (Wildman–Crippen LogP) is 2.35. The predicted molar refractivity (Wildman–Crippen MR) is 66.1 cm³/mol. The van der Waals surface area contributed by atoms with Crippen molar-refractivity contribution < 1.29 is 18.7 Å². The van der Waals surface area contributed by atoms with E-state index in [9.17, 15) is 4.79 Å². The molecular formula is C12H11ClN2O4. The van der Waals surface area contributed by atoms with Crippen LogP contribution < -0.4 is 4.74 Å². The summed E-state index contributed by atoms with van der Waals surface area (Å²) in [5.41, 5.74) is 0. The van der Waals surface area contributed by atoms with Gasteiger partial charge in [-0.2, -0.15) is 4.98 Å². The van der Waals surface area contributed by atoms with E-state index < -0.39 is 5.97 Å². The molecule has 0 aliphatic carbocycles. The van der Waals surface area contributed by atoms with Crippen molar-refractivity contribution in [1.29, 1.82) is 0 Å². The zero-order chi connectivity index (χ0) is 13.5. The van der Waals surface area contributed by atoms with Gasteiger partial charge in [-0.25, -0.2) is 4.79 Å². The number of rotatable bonds is 6. The largest absolute Gasteiger partial charge is 0.476 e. The second-order valence-corrected chi connectivity index (χ2v) is 3.88. The highest BCUT2D eigenvalue weighted by Gasteiger charge is 2.09. The topological polar surface area (TPSA) is 74.5 Å². The Bertz CT molecular complexity index is 530. The maximum atomic E-state index is 11.4. The van der Waals surface area contributed by atoms with Gasteiger partial charge >= 0.3 is 5.97 Å². The molecule has 7 heteroatoms. The molecule has 6 nitrogen and oxygen atoms in total. The van der Waals surface area contributed by atoms with E-state index in [1.807, 2.05) is 0 Å². The Hall–Kier alpha value is -2.08. The SMILES string of the molecule is O=C(OCCCOc1cncc(Cl)n1)c1ccco1. The molecule has 0 aromatic carbocycles. The summed E-state index contributed by atoms with van der Waals surface area (Å²) in [6.45, 7) is 0.577. The van der Waals surface area contributed by atoms with Crippen LogP contribution in [0.4, 0.5) is 0 Å². The van der Waals surface area contributed by atoms with Crippen molar-refractivity contribution in [2.45, 2.75) is 6.42 Å². The Balaban J connectivity index is 1.64. The molecule has 0 N–H and O–H groups in total. The molecule has 19 heavy (non-hydrogen) atoms. The molecule has 0 saturated heterocycles. The Morgan fingerprint density at radius 2 is 2.26 bits per heavy atom. The second-order valence-electron chi connectivity index (χ2n) is 3.50. The first-order valence-electron chi connectivity index (χ1n) is 5.56. The number of esters is 1. The summed E-state index contributed by atoms with van der Waals surface area (Å²) in [6.07, 6.45) is 4.82. The van der Waals surface area contributed by atoms with Crippen LogP contribution in [0, 0.1) is 0 Å². The van der Waals surface area contributed by atoms with E-state index in [4.69, 9.17) is 25.5 Å². The molecule has 0 spiro atoms. The highest BCUT2D eigenvalue weighted by Crippen LogP contribution is 2.09. The summed E-state index contributed by atoms with van der Waals surface area (Å²) in [5.74, 6) is 0.0269. The Morgan fingerprint density at radius 3 is 3.00 bits per heavy atom. The molecule has 0 fully saturated rings. The molecule has 0 bridgehead atoms. The monoisotopic (exact) mass is 282 g/mol. The van der Waals surface area contributed by atoms with E-state index in [2.05, 4.69) is 9.97 Å². The third kappa shape index (κ3) is 4.26. The van der Waals surface area contributed by atoms with Crippen molar-refractivity contribution in [2.24, 2.45) is 0 Å². The van der Waals surface area contributed by atoms with Gasteiger partial charge < -0.3 is 13.9 Å². The van der Waals surface area contributed by atoms with Crippen molar-refractivity contribution >= 4 is 17.6 Å². The normalized spacial score (nSPS) is 10.2. The zero-order valence-electron chi connectivity index (χ0n) is 9.91. The first kappa shape index (κ1) is 13.4. The highest BCUT2D eigenvalue weighted by atomic mass is 35.5. The maximum absolute atomic E-state index is 11.4. The molecule has 2 rings (SSSR count). The summed E-state index contributed by atoms with van der Waals surface area (Å²) in [7, 11) is 0. The lowest BCUT2D eigenvalue weighted by atomic mass is 10.4. The number of carbonyl (C=O) groups excluding carboxylic acids is 1. The molecule has 0 aliphatic heterocycles. The molecule has 2 aromatic rings. The number of aromatic nitrogens is 2. The van der Waals surface area contributed by atoms with Crippen molar-refractivity contribution in [3.8, 4) is 5.88 Å². The van der Waals surface area contributed by atoms with Gasteiger partial charge in [-0.15, -0.1) is 0 Å². The van der Waals surface area contributed by atoms with Crippen LogP contribution in [0.15, 0.2) is 35.2 Å². The fraction of sp³-hybridized carbons (Fsp3) is 0.250. The Kier molecular flexibility index (Phi) is 4.74. The van der Waals surface area contributed by atoms with Crippen molar-refractivity contribution in [1.82, 2.24) is 9.97 Å². The Labute approximate surface area is 114 Å². The standard InChI is InChI=1S/C12H11ClN2O4/c13-10-7-14-8-11(15-10)18-5-2-6-19-12(16)9-3-1-4-17-9/h1,3-4,7-8H,2,5-6H2. The number of furan rings is 1. The van der Waals surface area contributed by atoms with Crippen molar-refractivity contribution in [2.75, 3.05) is 13.2 Å². The van der Waals surface area contributed by atoms with E-state index in [1.165, 1.54) is 18.7 Å². The van der Waals surface area contributed by atoms with Gasteiger partial charge in [0.25, 0.3) is 0 Å². The third-order valence-corrected chi connectivity index (χ3v) is 2.26. The summed E-state index contributed by atoms with van der Waals surface area (Å²) < 4.78 is 15.2. The van der Waals surface area contributed by atoms with Crippen LogP contribution >= 0.6 is 11.6 Å². The van der Waals surface area contributed by atoms with E-state index >= 15 is 0 Å². The quantitative estimate of drug-likeness (QED) is 0.598. The zero-order valence-corrected chi connectivity index (χ0v) is 10.7. The summed E-state index contributed by atoms with van der Waals surface area (Å²) >= 11 is 5.65. The molecule has 0 unspecified atom stereocenters. The molecule has 0 atom stereocenters. The molecule has 2 heterocycles. The van der Waals surface area contributed by atoms with Gasteiger partial charge in [0.05, 0.1) is 31.9 Å². The van der Waals surface area contributed by atoms with Gasteiger partial charge in [0.1, 0.15) is 0 Å². The number of nitrogens with zero attached hydrogens (tertiary/aromatic N) is 2. The van der Waals surface area contributed by atoms with Crippen LogP contribution in [0.3, 0.4) is 0 Å². The van der Waals surface area contributed by atoms with Crippen LogP contribution in [-0.2, 0) is 4.74 Å². The fourth-order valence-corrected chi connectivity index (χ4v) is 1.40. The average Bonchev–Trinajstić information content (AvgIpc) is 2.92. The first-order chi connectivity index (χ1) is 9.25. The fourth-order valence-electron chi connectivity index (χ4n) is 1.26. The van der Waals surface area contributed by atoms with E-state index in [0.29, 0.717) is 18.9 Å². The number of halogens is 1. The second kappa shape index (κ2) is 6.75. The van der Waals surface area contributed by atoms with Crippen LogP contribution in [0.2, 0.25) is 5.15 Å². The smallest absolute Gasteiger partial charge is 0.374 e. The number of hydrogen-bond acceptors (Lipinski definition) is 6. The molecule has 0 amide bonds. The Morgan fingerprint density at radius 1 is 1.37 bits per heavy atom. The van der Waals surface area contributed by atoms with Crippen LogP contribution in [0.5, 0.6) is 5.88 Å². The van der Waals surface area contributed by atoms with Gasteiger partial charge in [0.2, 0.25) is 11.6 Å². The number of ether oxygens (including phenoxy) is 2. The lowest BCUT2D eigenvalue weighted by Gasteiger charge is -2.05.